The van der Waals surface area contributed by atoms with Crippen molar-refractivity contribution in [1.29, 1.82) is 0 Å². The van der Waals surface area contributed by atoms with Gasteiger partial charge in [0.2, 0.25) is 0 Å². The van der Waals surface area contributed by atoms with E-state index in [9.17, 15) is 4.79 Å². The molecule has 0 aromatic heterocycles. The van der Waals surface area contributed by atoms with Gasteiger partial charge in [0.1, 0.15) is 5.75 Å². The summed E-state index contributed by atoms with van der Waals surface area (Å²) in [5.41, 5.74) is 7.18. The Hall–Kier alpha value is -2.07. The standard InChI is InChI=1S/C17H21NO3/c1-3-21-17(19)9-8-16(18)14-5-4-13-11-15(20-2)7-6-12(13)10-14/h4-7,10-11,16H,3,8-9,18H2,1-2H3. The summed E-state index contributed by atoms with van der Waals surface area (Å²) >= 11 is 0. The average molecular weight is 287 g/mol. The molecule has 0 fully saturated rings. The van der Waals surface area contributed by atoms with Crippen LogP contribution in [0.2, 0.25) is 0 Å². The van der Waals surface area contributed by atoms with Gasteiger partial charge in [-0.25, -0.2) is 0 Å². The van der Waals surface area contributed by atoms with Crippen LogP contribution in [-0.4, -0.2) is 19.7 Å². The smallest absolute Gasteiger partial charge is 0.305 e. The maximum absolute atomic E-state index is 11.4. The average Bonchev–Trinajstić information content (AvgIpc) is 2.51. The lowest BCUT2D eigenvalue weighted by molar-refractivity contribution is -0.143. The number of fused-ring (bicyclic) bond motifs is 1. The molecule has 2 aromatic carbocycles. The van der Waals surface area contributed by atoms with E-state index < -0.39 is 0 Å². The monoisotopic (exact) mass is 287 g/mol. The van der Waals surface area contributed by atoms with Gasteiger partial charge in [-0.15, -0.1) is 0 Å². The number of esters is 1. The van der Waals surface area contributed by atoms with Crippen LogP contribution in [0.5, 0.6) is 5.75 Å². The zero-order valence-corrected chi connectivity index (χ0v) is 12.5. The Labute approximate surface area is 124 Å². The maximum atomic E-state index is 11.4. The number of carbonyl (C=O) groups excluding carboxylic acids is 1. The van der Waals surface area contributed by atoms with Crippen molar-refractivity contribution in [1.82, 2.24) is 0 Å². The minimum Gasteiger partial charge on any atom is -0.497 e. The van der Waals surface area contributed by atoms with Gasteiger partial charge in [-0.2, -0.15) is 0 Å². The summed E-state index contributed by atoms with van der Waals surface area (Å²) in [4.78, 5) is 11.4. The summed E-state index contributed by atoms with van der Waals surface area (Å²) in [5.74, 6) is 0.639. The quantitative estimate of drug-likeness (QED) is 0.829. The number of rotatable bonds is 6. The summed E-state index contributed by atoms with van der Waals surface area (Å²) in [6, 6.07) is 11.8. The first-order chi connectivity index (χ1) is 10.1. The lowest BCUT2D eigenvalue weighted by atomic mass is 9.99. The van der Waals surface area contributed by atoms with Gasteiger partial charge in [0, 0.05) is 12.5 Å². The van der Waals surface area contributed by atoms with E-state index in [0.717, 1.165) is 22.1 Å². The molecule has 0 aliphatic carbocycles. The van der Waals surface area contributed by atoms with Crippen LogP contribution >= 0.6 is 0 Å². The number of hydrogen-bond donors (Lipinski definition) is 1. The second-order valence-electron chi connectivity index (χ2n) is 4.92. The molecule has 4 heteroatoms. The van der Waals surface area contributed by atoms with Crippen LogP contribution in [0.1, 0.15) is 31.4 Å². The predicted molar refractivity (Wildman–Crippen MR) is 83.3 cm³/mol. The molecule has 21 heavy (non-hydrogen) atoms. The third-order valence-corrected chi connectivity index (χ3v) is 3.46. The van der Waals surface area contributed by atoms with E-state index in [2.05, 4.69) is 6.07 Å². The topological polar surface area (TPSA) is 61.5 Å². The Bertz CT molecular complexity index is 624. The Kier molecular flexibility index (Phi) is 5.17. The zero-order chi connectivity index (χ0) is 15.2. The van der Waals surface area contributed by atoms with Crippen molar-refractivity contribution in [3.8, 4) is 5.75 Å². The van der Waals surface area contributed by atoms with Gasteiger partial charge < -0.3 is 15.2 Å². The van der Waals surface area contributed by atoms with E-state index in [4.69, 9.17) is 15.2 Å². The molecule has 0 amide bonds. The highest BCUT2D eigenvalue weighted by Gasteiger charge is 2.10. The molecule has 0 aliphatic rings. The molecule has 0 heterocycles. The summed E-state index contributed by atoms with van der Waals surface area (Å²) in [5, 5.41) is 2.22. The zero-order valence-electron chi connectivity index (χ0n) is 12.5. The lowest BCUT2D eigenvalue weighted by Gasteiger charge is -2.13. The van der Waals surface area contributed by atoms with Gasteiger partial charge in [0.05, 0.1) is 13.7 Å². The van der Waals surface area contributed by atoms with Crippen LogP contribution in [0.3, 0.4) is 0 Å². The summed E-state index contributed by atoms with van der Waals surface area (Å²) in [6.45, 7) is 2.21. The fourth-order valence-electron chi connectivity index (χ4n) is 2.27. The molecule has 4 nitrogen and oxygen atoms in total. The predicted octanol–water partition coefficient (Wildman–Crippen LogP) is 3.19. The van der Waals surface area contributed by atoms with E-state index in [1.807, 2.05) is 30.3 Å². The molecule has 1 atom stereocenters. The third-order valence-electron chi connectivity index (χ3n) is 3.46. The van der Waals surface area contributed by atoms with E-state index in [-0.39, 0.29) is 12.0 Å². The van der Waals surface area contributed by atoms with Gasteiger partial charge in [0.15, 0.2) is 0 Å². The highest BCUT2D eigenvalue weighted by atomic mass is 16.5. The van der Waals surface area contributed by atoms with Crippen LogP contribution in [0.25, 0.3) is 10.8 Å². The third kappa shape index (κ3) is 3.95. The Morgan fingerprint density at radius 3 is 2.62 bits per heavy atom. The van der Waals surface area contributed by atoms with Crippen molar-refractivity contribution >= 4 is 16.7 Å². The molecule has 2 N–H and O–H groups in total. The highest BCUT2D eigenvalue weighted by molar-refractivity contribution is 5.84. The van der Waals surface area contributed by atoms with Crippen molar-refractivity contribution < 1.29 is 14.3 Å². The molecule has 0 spiro atoms. The number of nitrogens with two attached hydrogens (primary N) is 1. The molecule has 0 radical (unpaired) electrons. The van der Waals surface area contributed by atoms with Crippen LogP contribution < -0.4 is 10.5 Å². The van der Waals surface area contributed by atoms with Gasteiger partial charge in [0.25, 0.3) is 0 Å². The summed E-state index contributed by atoms with van der Waals surface area (Å²) < 4.78 is 10.1. The van der Waals surface area contributed by atoms with Gasteiger partial charge >= 0.3 is 5.97 Å². The van der Waals surface area contributed by atoms with Crippen molar-refractivity contribution in [3.05, 3.63) is 42.0 Å². The van der Waals surface area contributed by atoms with Crippen LogP contribution in [0.15, 0.2) is 36.4 Å². The van der Waals surface area contributed by atoms with E-state index in [1.165, 1.54) is 0 Å². The Morgan fingerprint density at radius 2 is 1.90 bits per heavy atom. The maximum Gasteiger partial charge on any atom is 0.305 e. The second kappa shape index (κ2) is 7.09. The van der Waals surface area contributed by atoms with Crippen molar-refractivity contribution in [3.63, 3.8) is 0 Å². The number of benzene rings is 2. The minimum absolute atomic E-state index is 0.166. The molecule has 0 bridgehead atoms. The fraction of sp³-hybridized carbons (Fsp3) is 0.353. The van der Waals surface area contributed by atoms with E-state index in [1.54, 1.807) is 14.0 Å². The van der Waals surface area contributed by atoms with E-state index in [0.29, 0.717) is 19.4 Å². The van der Waals surface area contributed by atoms with Crippen LogP contribution in [0, 0.1) is 0 Å². The van der Waals surface area contributed by atoms with E-state index >= 15 is 0 Å². The normalized spacial score (nSPS) is 12.1. The SMILES string of the molecule is CCOC(=O)CCC(N)c1ccc2cc(OC)ccc2c1. The molecule has 1 unspecified atom stereocenters. The fourth-order valence-corrected chi connectivity index (χ4v) is 2.27. The van der Waals surface area contributed by atoms with Crippen molar-refractivity contribution in [2.75, 3.05) is 13.7 Å². The molecular formula is C17H21NO3. The Balaban J connectivity index is 2.09. The van der Waals surface area contributed by atoms with Gasteiger partial charge in [-0.1, -0.05) is 18.2 Å². The highest BCUT2D eigenvalue weighted by Crippen LogP contribution is 2.25. The van der Waals surface area contributed by atoms with Gasteiger partial charge in [-0.3, -0.25) is 4.79 Å². The lowest BCUT2D eigenvalue weighted by Crippen LogP contribution is -2.13. The molecule has 2 aromatic rings. The first-order valence-corrected chi connectivity index (χ1v) is 7.13. The number of carbonyl (C=O) groups is 1. The molecular weight excluding hydrogens is 266 g/mol. The molecule has 2 rings (SSSR count). The molecule has 0 saturated heterocycles. The molecule has 0 saturated carbocycles. The minimum atomic E-state index is -0.196. The van der Waals surface area contributed by atoms with Crippen molar-refractivity contribution in [2.24, 2.45) is 5.73 Å². The number of methoxy groups -OCH3 is 1. The Morgan fingerprint density at radius 1 is 1.19 bits per heavy atom. The molecule has 0 aliphatic heterocycles. The second-order valence-corrected chi connectivity index (χ2v) is 4.92. The summed E-state index contributed by atoms with van der Waals surface area (Å²) in [6.07, 6.45) is 0.927. The van der Waals surface area contributed by atoms with Crippen molar-refractivity contribution in [2.45, 2.75) is 25.8 Å². The first-order valence-electron chi connectivity index (χ1n) is 7.13. The first kappa shape index (κ1) is 15.3. The largest absolute Gasteiger partial charge is 0.497 e. The van der Waals surface area contributed by atoms with Crippen LogP contribution in [-0.2, 0) is 9.53 Å². The summed E-state index contributed by atoms with van der Waals surface area (Å²) in [7, 11) is 1.65. The van der Waals surface area contributed by atoms with Gasteiger partial charge in [-0.05, 0) is 47.9 Å². The van der Waals surface area contributed by atoms with Crippen LogP contribution in [0.4, 0.5) is 0 Å². The number of ether oxygens (including phenoxy) is 2. The number of hydrogen-bond acceptors (Lipinski definition) is 4. The molecule has 112 valence electrons.